The zero-order valence-electron chi connectivity index (χ0n) is 10.9. The van der Waals surface area contributed by atoms with Crippen LogP contribution in [0.4, 0.5) is 0 Å². The van der Waals surface area contributed by atoms with E-state index in [9.17, 15) is 9.90 Å². The molecule has 0 fully saturated rings. The van der Waals surface area contributed by atoms with Crippen LogP contribution in [0.15, 0.2) is 48.5 Å². The van der Waals surface area contributed by atoms with Gasteiger partial charge in [0.2, 0.25) is 5.78 Å². The molecule has 1 aliphatic heterocycles. The van der Waals surface area contributed by atoms with Crippen molar-refractivity contribution in [2.75, 3.05) is 7.11 Å². The number of fused-ring (bicyclic) bond motifs is 1. The van der Waals surface area contributed by atoms with Crippen LogP contribution in [0.25, 0.3) is 0 Å². The molecular weight excluding hydrogens is 256 g/mol. The third kappa shape index (κ3) is 2.04. The van der Waals surface area contributed by atoms with Gasteiger partial charge in [-0.15, -0.1) is 0 Å². The van der Waals surface area contributed by atoms with E-state index in [1.807, 2.05) is 30.3 Å². The lowest BCUT2D eigenvalue weighted by Crippen LogP contribution is -2.31. The molecule has 0 aliphatic carbocycles. The summed E-state index contributed by atoms with van der Waals surface area (Å²) in [5, 5.41) is 9.55. The highest BCUT2D eigenvalue weighted by Gasteiger charge is 2.38. The van der Waals surface area contributed by atoms with Crippen LogP contribution in [0.2, 0.25) is 0 Å². The molecule has 0 saturated carbocycles. The Bertz CT molecular complexity index is 636. The molecule has 2 aromatic rings. The normalized spacial score (nSPS) is 21.1. The summed E-state index contributed by atoms with van der Waals surface area (Å²) in [6.45, 7) is 0. The monoisotopic (exact) mass is 270 g/mol. The van der Waals surface area contributed by atoms with Crippen molar-refractivity contribution in [2.24, 2.45) is 0 Å². The molecule has 1 N–H and O–H groups in total. The maximum Gasteiger partial charge on any atom is 0.211 e. The van der Waals surface area contributed by atoms with Crippen molar-refractivity contribution >= 4 is 5.78 Å². The Balaban J connectivity index is 2.06. The molecule has 2 aromatic carbocycles. The SMILES string of the molecule is COC1C(=O)C(c2ccccc2)Oc2ccc(O)cc21. The van der Waals surface area contributed by atoms with Crippen LogP contribution in [-0.4, -0.2) is 18.0 Å². The summed E-state index contributed by atoms with van der Waals surface area (Å²) < 4.78 is 11.1. The topological polar surface area (TPSA) is 55.8 Å². The predicted octanol–water partition coefficient (Wildman–Crippen LogP) is 2.78. The highest BCUT2D eigenvalue weighted by Crippen LogP contribution is 2.41. The van der Waals surface area contributed by atoms with E-state index in [-0.39, 0.29) is 11.5 Å². The van der Waals surface area contributed by atoms with E-state index in [2.05, 4.69) is 0 Å². The maximum absolute atomic E-state index is 12.5. The molecule has 20 heavy (non-hydrogen) atoms. The molecule has 0 amide bonds. The molecule has 102 valence electrons. The second-order valence-corrected chi connectivity index (χ2v) is 4.65. The summed E-state index contributed by atoms with van der Waals surface area (Å²) in [5.74, 6) is 0.472. The van der Waals surface area contributed by atoms with Crippen LogP contribution in [0, 0.1) is 0 Å². The number of phenolic OH excluding ortho intramolecular Hbond substituents is 1. The number of methoxy groups -OCH3 is 1. The number of carbonyl (C=O) groups excluding carboxylic acids is 1. The van der Waals surface area contributed by atoms with Gasteiger partial charge < -0.3 is 14.6 Å². The Morgan fingerprint density at radius 2 is 1.90 bits per heavy atom. The van der Waals surface area contributed by atoms with E-state index in [1.54, 1.807) is 6.07 Å². The van der Waals surface area contributed by atoms with Crippen LogP contribution in [0.3, 0.4) is 0 Å². The molecule has 3 rings (SSSR count). The van der Waals surface area contributed by atoms with Crippen molar-refractivity contribution in [3.63, 3.8) is 0 Å². The number of hydrogen-bond donors (Lipinski definition) is 1. The Morgan fingerprint density at radius 1 is 1.15 bits per heavy atom. The first-order valence-corrected chi connectivity index (χ1v) is 6.31. The van der Waals surface area contributed by atoms with Gasteiger partial charge in [0.05, 0.1) is 0 Å². The lowest BCUT2D eigenvalue weighted by molar-refractivity contribution is -0.139. The van der Waals surface area contributed by atoms with Gasteiger partial charge in [0.1, 0.15) is 17.6 Å². The minimum Gasteiger partial charge on any atom is -0.508 e. The number of ketones is 1. The van der Waals surface area contributed by atoms with Crippen LogP contribution >= 0.6 is 0 Å². The van der Waals surface area contributed by atoms with Gasteiger partial charge in [-0.3, -0.25) is 4.79 Å². The van der Waals surface area contributed by atoms with Crippen LogP contribution in [0.5, 0.6) is 11.5 Å². The van der Waals surface area contributed by atoms with Gasteiger partial charge in [-0.2, -0.15) is 0 Å². The second kappa shape index (κ2) is 4.98. The summed E-state index contributed by atoms with van der Waals surface area (Å²) in [4.78, 5) is 12.5. The van der Waals surface area contributed by atoms with Crippen LogP contribution < -0.4 is 4.74 Å². The molecule has 1 heterocycles. The van der Waals surface area contributed by atoms with E-state index in [4.69, 9.17) is 9.47 Å². The number of Topliss-reactive ketones (excluding diaryl/α,β-unsaturated/α-hetero) is 1. The third-order valence-corrected chi connectivity index (χ3v) is 3.38. The molecule has 0 bridgehead atoms. The first-order chi connectivity index (χ1) is 9.70. The molecule has 1 aliphatic rings. The third-order valence-electron chi connectivity index (χ3n) is 3.38. The molecule has 0 spiro atoms. The zero-order chi connectivity index (χ0) is 14.1. The largest absolute Gasteiger partial charge is 0.508 e. The average Bonchev–Trinajstić information content (AvgIpc) is 2.48. The van der Waals surface area contributed by atoms with E-state index in [1.165, 1.54) is 19.2 Å². The van der Waals surface area contributed by atoms with Gasteiger partial charge in [0.25, 0.3) is 0 Å². The maximum atomic E-state index is 12.5. The van der Waals surface area contributed by atoms with Crippen LogP contribution in [0.1, 0.15) is 23.3 Å². The highest BCUT2D eigenvalue weighted by atomic mass is 16.5. The quantitative estimate of drug-likeness (QED) is 0.911. The molecular formula is C16H14O4. The van der Waals surface area contributed by atoms with Crippen molar-refractivity contribution < 1.29 is 19.4 Å². The smallest absolute Gasteiger partial charge is 0.211 e. The number of hydrogen-bond acceptors (Lipinski definition) is 4. The van der Waals surface area contributed by atoms with Crippen molar-refractivity contribution in [3.05, 3.63) is 59.7 Å². The first kappa shape index (κ1) is 12.7. The number of ether oxygens (including phenoxy) is 2. The fourth-order valence-electron chi connectivity index (χ4n) is 2.43. The molecule has 0 saturated heterocycles. The number of benzene rings is 2. The number of carbonyl (C=O) groups is 1. The summed E-state index contributed by atoms with van der Waals surface area (Å²) in [7, 11) is 1.48. The fourth-order valence-corrected chi connectivity index (χ4v) is 2.43. The minimum atomic E-state index is -0.726. The van der Waals surface area contributed by atoms with Gasteiger partial charge in [-0.1, -0.05) is 30.3 Å². The lowest BCUT2D eigenvalue weighted by atomic mass is 9.93. The molecule has 0 radical (unpaired) electrons. The average molecular weight is 270 g/mol. The van der Waals surface area contributed by atoms with Crippen LogP contribution in [-0.2, 0) is 9.53 Å². The van der Waals surface area contributed by atoms with Crippen molar-refractivity contribution in [1.29, 1.82) is 0 Å². The van der Waals surface area contributed by atoms with E-state index < -0.39 is 12.2 Å². The molecule has 2 atom stereocenters. The minimum absolute atomic E-state index is 0.0837. The van der Waals surface area contributed by atoms with Gasteiger partial charge in [-0.25, -0.2) is 0 Å². The highest BCUT2D eigenvalue weighted by molar-refractivity contribution is 5.92. The van der Waals surface area contributed by atoms with Gasteiger partial charge in [0, 0.05) is 12.7 Å². The van der Waals surface area contributed by atoms with E-state index in [0.29, 0.717) is 11.3 Å². The standard InChI is InChI=1S/C16H14O4/c1-19-16-12-9-11(17)7-8-13(12)20-15(14(16)18)10-5-3-2-4-6-10/h2-9,15-17H,1H3. The molecule has 2 unspecified atom stereocenters. The van der Waals surface area contributed by atoms with Gasteiger partial charge in [0.15, 0.2) is 6.10 Å². The summed E-state index contributed by atoms with van der Waals surface area (Å²) in [5.41, 5.74) is 1.35. The van der Waals surface area contributed by atoms with Crippen molar-refractivity contribution in [3.8, 4) is 11.5 Å². The van der Waals surface area contributed by atoms with Crippen molar-refractivity contribution in [2.45, 2.75) is 12.2 Å². The number of rotatable bonds is 2. The Kier molecular flexibility index (Phi) is 3.16. The number of aromatic hydroxyl groups is 1. The summed E-state index contributed by atoms with van der Waals surface area (Å²) in [6.07, 6.45) is -1.41. The summed E-state index contributed by atoms with van der Waals surface area (Å²) in [6, 6.07) is 14.0. The van der Waals surface area contributed by atoms with Crippen molar-refractivity contribution in [1.82, 2.24) is 0 Å². The zero-order valence-corrected chi connectivity index (χ0v) is 10.9. The van der Waals surface area contributed by atoms with E-state index in [0.717, 1.165) is 5.56 Å². The molecule has 4 nitrogen and oxygen atoms in total. The molecule has 4 heteroatoms. The Labute approximate surface area is 116 Å². The van der Waals surface area contributed by atoms with E-state index >= 15 is 0 Å². The Hall–Kier alpha value is -2.33. The second-order valence-electron chi connectivity index (χ2n) is 4.65. The van der Waals surface area contributed by atoms with Gasteiger partial charge >= 0.3 is 0 Å². The fraction of sp³-hybridized carbons (Fsp3) is 0.188. The number of phenols is 1. The lowest BCUT2D eigenvalue weighted by Gasteiger charge is -2.30. The van der Waals surface area contributed by atoms with Gasteiger partial charge in [-0.05, 0) is 23.8 Å². The predicted molar refractivity (Wildman–Crippen MR) is 72.7 cm³/mol. The molecule has 0 aromatic heterocycles. The Morgan fingerprint density at radius 3 is 2.60 bits per heavy atom. The first-order valence-electron chi connectivity index (χ1n) is 6.31. The summed E-state index contributed by atoms with van der Waals surface area (Å²) >= 11 is 0.